The number of H-pyrrole nitrogens is 1. The van der Waals surface area contributed by atoms with Crippen LogP contribution in [-0.2, 0) is 11.6 Å². The maximum atomic E-state index is 14.5. The Balaban J connectivity index is 1.41. The van der Waals surface area contributed by atoms with Gasteiger partial charge >= 0.3 is 11.9 Å². The van der Waals surface area contributed by atoms with Gasteiger partial charge in [-0.2, -0.15) is 18.3 Å². The number of piperidine rings is 1. The molecule has 0 atom stereocenters. The van der Waals surface area contributed by atoms with Gasteiger partial charge < -0.3 is 9.88 Å². The molecule has 40 heavy (non-hydrogen) atoms. The lowest BCUT2D eigenvalue weighted by Gasteiger charge is -2.32. The molecule has 1 saturated heterocycles. The van der Waals surface area contributed by atoms with Crippen molar-refractivity contribution >= 4 is 16.9 Å². The Kier molecular flexibility index (Phi) is 6.58. The molecule has 0 radical (unpaired) electrons. The summed E-state index contributed by atoms with van der Waals surface area (Å²) in [6.45, 7) is 5.84. The van der Waals surface area contributed by atoms with Crippen molar-refractivity contribution < 1.29 is 31.1 Å². The van der Waals surface area contributed by atoms with E-state index in [4.69, 9.17) is 0 Å². The van der Waals surface area contributed by atoms with E-state index in [1.807, 2.05) is 20.8 Å². The molecule has 7 nitrogen and oxygen atoms in total. The first-order valence-corrected chi connectivity index (χ1v) is 12.5. The fourth-order valence-corrected chi connectivity index (χ4v) is 5.07. The van der Waals surface area contributed by atoms with Gasteiger partial charge in [-0.05, 0) is 43.2 Å². The number of aromatic amines is 1. The topological polar surface area (TPSA) is 75.9 Å². The Morgan fingerprint density at radius 3 is 2.25 bits per heavy atom. The number of carbonyl (C=O) groups excluding carboxylic acids is 1. The minimum atomic E-state index is -4.86. The molecule has 1 aliphatic rings. The Bertz CT molecular complexity index is 1670. The second-order valence-electron chi connectivity index (χ2n) is 10.8. The van der Waals surface area contributed by atoms with Crippen LogP contribution >= 0.6 is 0 Å². The number of imidazole rings is 1. The molecule has 13 heteroatoms. The molecule has 1 fully saturated rings. The molecule has 0 saturated carbocycles. The SMILES string of the molecule is CC(C)(C)c1cc(C(=O)N2CCC(n3c(=O)[nH]c4ccc(F)c(F)c43)CC2)nn1-c1ccc(C(F)(F)F)c(F)c1. The molecule has 1 aliphatic heterocycles. The first-order valence-electron chi connectivity index (χ1n) is 12.5. The molecule has 0 bridgehead atoms. The Morgan fingerprint density at radius 2 is 1.65 bits per heavy atom. The van der Waals surface area contributed by atoms with E-state index in [2.05, 4.69) is 10.1 Å². The lowest BCUT2D eigenvalue weighted by molar-refractivity contribution is -0.140. The number of nitrogens with one attached hydrogen (secondary N) is 1. The summed E-state index contributed by atoms with van der Waals surface area (Å²) in [7, 11) is 0. The number of aromatic nitrogens is 4. The molecule has 212 valence electrons. The van der Waals surface area contributed by atoms with Crippen LogP contribution in [0.5, 0.6) is 0 Å². The smallest absolute Gasteiger partial charge is 0.337 e. The Labute approximate surface area is 224 Å². The zero-order chi connectivity index (χ0) is 29.1. The normalized spacial score (nSPS) is 15.3. The van der Waals surface area contributed by atoms with E-state index in [1.165, 1.54) is 26.3 Å². The summed E-state index contributed by atoms with van der Waals surface area (Å²) >= 11 is 0. The molecule has 3 heterocycles. The second kappa shape index (κ2) is 9.56. The summed E-state index contributed by atoms with van der Waals surface area (Å²) in [6.07, 6.45) is -4.29. The van der Waals surface area contributed by atoms with E-state index in [-0.39, 0.29) is 48.3 Å². The van der Waals surface area contributed by atoms with Gasteiger partial charge in [-0.15, -0.1) is 0 Å². The highest BCUT2D eigenvalue weighted by Crippen LogP contribution is 2.34. The number of amides is 1. The van der Waals surface area contributed by atoms with E-state index in [0.717, 1.165) is 18.2 Å². The minimum absolute atomic E-state index is 0.0149. The average molecular weight is 566 g/mol. The fourth-order valence-electron chi connectivity index (χ4n) is 5.07. The van der Waals surface area contributed by atoms with Crippen LogP contribution in [0.2, 0.25) is 0 Å². The van der Waals surface area contributed by atoms with Crippen LogP contribution in [0.4, 0.5) is 26.3 Å². The number of hydrogen-bond donors (Lipinski definition) is 1. The predicted octanol–water partition coefficient (Wildman–Crippen LogP) is 5.73. The molecular formula is C27H25F6N5O2. The van der Waals surface area contributed by atoms with Crippen LogP contribution in [0.1, 0.15) is 61.4 Å². The highest BCUT2D eigenvalue weighted by Gasteiger charge is 2.35. The zero-order valence-electron chi connectivity index (χ0n) is 21.7. The Morgan fingerprint density at radius 1 is 0.975 bits per heavy atom. The third-order valence-electron chi connectivity index (χ3n) is 7.09. The van der Waals surface area contributed by atoms with Crippen molar-refractivity contribution in [2.24, 2.45) is 0 Å². The highest BCUT2D eigenvalue weighted by atomic mass is 19.4. The van der Waals surface area contributed by atoms with Crippen LogP contribution in [0.3, 0.4) is 0 Å². The van der Waals surface area contributed by atoms with Gasteiger partial charge in [0.15, 0.2) is 17.3 Å². The molecule has 0 unspecified atom stereocenters. The fraction of sp³-hybridized carbons (Fsp3) is 0.370. The lowest BCUT2D eigenvalue weighted by Crippen LogP contribution is -2.40. The molecule has 0 spiro atoms. The second-order valence-corrected chi connectivity index (χ2v) is 10.8. The number of benzene rings is 2. The summed E-state index contributed by atoms with van der Waals surface area (Å²) in [5.74, 6) is -4.13. The number of carbonyl (C=O) groups is 1. The molecule has 0 aliphatic carbocycles. The van der Waals surface area contributed by atoms with E-state index in [9.17, 15) is 35.9 Å². The number of halogens is 6. The number of alkyl halides is 3. The molecule has 4 aromatic rings. The summed E-state index contributed by atoms with van der Waals surface area (Å²) in [5.41, 5.74) is -2.06. The molecule has 5 rings (SSSR count). The largest absolute Gasteiger partial charge is 0.419 e. The van der Waals surface area contributed by atoms with Crippen molar-refractivity contribution in [1.82, 2.24) is 24.2 Å². The third kappa shape index (κ3) is 4.77. The molecule has 2 aromatic heterocycles. The lowest BCUT2D eigenvalue weighted by atomic mass is 9.91. The van der Waals surface area contributed by atoms with Gasteiger partial charge in [0.25, 0.3) is 5.91 Å². The van der Waals surface area contributed by atoms with Crippen LogP contribution in [0.25, 0.3) is 16.7 Å². The number of fused-ring (bicyclic) bond motifs is 1. The van der Waals surface area contributed by atoms with Gasteiger partial charge in [0, 0.05) is 30.6 Å². The van der Waals surface area contributed by atoms with E-state index in [0.29, 0.717) is 11.8 Å². The Hall–Kier alpha value is -4.03. The van der Waals surface area contributed by atoms with Crippen LogP contribution in [-0.4, -0.2) is 43.2 Å². The van der Waals surface area contributed by atoms with Gasteiger partial charge in [-0.1, -0.05) is 20.8 Å². The van der Waals surface area contributed by atoms with E-state index >= 15 is 0 Å². The van der Waals surface area contributed by atoms with Crippen molar-refractivity contribution in [3.63, 3.8) is 0 Å². The average Bonchev–Trinajstić information content (AvgIpc) is 3.47. The predicted molar refractivity (Wildman–Crippen MR) is 134 cm³/mol. The van der Waals surface area contributed by atoms with Gasteiger partial charge in [0.1, 0.15) is 11.3 Å². The van der Waals surface area contributed by atoms with Crippen LogP contribution in [0.15, 0.2) is 41.2 Å². The van der Waals surface area contributed by atoms with Crippen molar-refractivity contribution in [1.29, 1.82) is 0 Å². The third-order valence-corrected chi connectivity index (χ3v) is 7.09. The molecule has 1 N–H and O–H groups in total. The maximum absolute atomic E-state index is 14.5. The summed E-state index contributed by atoms with van der Waals surface area (Å²) in [6, 6.07) is 5.71. The van der Waals surface area contributed by atoms with Crippen LogP contribution < -0.4 is 5.69 Å². The van der Waals surface area contributed by atoms with Crippen molar-refractivity contribution in [3.8, 4) is 5.69 Å². The van der Waals surface area contributed by atoms with E-state index < -0.39 is 52.2 Å². The van der Waals surface area contributed by atoms with Gasteiger partial charge in [0.2, 0.25) is 0 Å². The van der Waals surface area contributed by atoms with Crippen LogP contribution in [0, 0.1) is 17.5 Å². The molecule has 1 amide bonds. The van der Waals surface area contributed by atoms with Gasteiger partial charge in [0.05, 0.1) is 22.5 Å². The quantitative estimate of drug-likeness (QED) is 0.323. The number of nitrogens with zero attached hydrogens (tertiary/aromatic N) is 4. The first kappa shape index (κ1) is 27.5. The van der Waals surface area contributed by atoms with Gasteiger partial charge in [-0.25, -0.2) is 22.6 Å². The monoisotopic (exact) mass is 565 g/mol. The van der Waals surface area contributed by atoms with Crippen molar-refractivity contribution in [2.75, 3.05) is 13.1 Å². The number of hydrogen-bond acceptors (Lipinski definition) is 3. The standard InChI is InChI=1S/C27H25F6N5O2/c1-26(2,3)21-13-20(35-38(21)15-4-5-16(18(29)12-15)27(31,32)33)24(39)36-10-8-14(9-11-36)37-23-19(34-25(37)40)7-6-17(28)22(23)30/h4-7,12-14H,8-11H2,1-3H3,(H,34,40). The molecular weight excluding hydrogens is 540 g/mol. The van der Waals surface area contributed by atoms with Crippen molar-refractivity contribution in [3.05, 3.63) is 81.3 Å². The number of rotatable bonds is 3. The maximum Gasteiger partial charge on any atom is 0.419 e. The summed E-state index contributed by atoms with van der Waals surface area (Å²) in [5, 5.41) is 4.33. The van der Waals surface area contributed by atoms with Gasteiger partial charge in [-0.3, -0.25) is 9.36 Å². The zero-order valence-corrected chi connectivity index (χ0v) is 21.7. The first-order chi connectivity index (χ1) is 18.7. The van der Waals surface area contributed by atoms with Crippen molar-refractivity contribution in [2.45, 2.75) is 51.2 Å². The summed E-state index contributed by atoms with van der Waals surface area (Å²) in [4.78, 5) is 30.0. The van der Waals surface area contributed by atoms with E-state index in [1.54, 1.807) is 0 Å². The number of likely N-dealkylation sites (tertiary alicyclic amines) is 1. The minimum Gasteiger partial charge on any atom is -0.337 e. The molecule has 2 aromatic carbocycles. The summed E-state index contributed by atoms with van der Waals surface area (Å²) < 4.78 is 84.3. The highest BCUT2D eigenvalue weighted by molar-refractivity contribution is 5.92.